The van der Waals surface area contributed by atoms with E-state index in [0.717, 1.165) is 25.1 Å². The normalized spacial score (nSPS) is 10.5. The Morgan fingerprint density at radius 1 is 1.05 bits per heavy atom. The van der Waals surface area contributed by atoms with Gasteiger partial charge >= 0.3 is 0 Å². The number of anilines is 3. The van der Waals surface area contributed by atoms with E-state index in [2.05, 4.69) is 28.6 Å². The van der Waals surface area contributed by atoms with E-state index in [1.807, 2.05) is 25.1 Å². The highest BCUT2D eigenvalue weighted by atomic mass is 35.5. The van der Waals surface area contributed by atoms with Crippen LogP contribution < -0.4 is 10.6 Å². The van der Waals surface area contributed by atoms with Crippen LogP contribution in [0.15, 0.2) is 30.3 Å². The van der Waals surface area contributed by atoms with Crippen molar-refractivity contribution >= 4 is 40.5 Å². The minimum atomic E-state index is 0.507. The maximum Gasteiger partial charge on any atom is 0.151 e. The van der Waals surface area contributed by atoms with Crippen molar-refractivity contribution < 1.29 is 0 Å². The molecule has 5 heteroatoms. The molecular weight excluding hydrogens is 305 g/mol. The van der Waals surface area contributed by atoms with Crippen LogP contribution in [0.5, 0.6) is 0 Å². The molecule has 21 heavy (non-hydrogen) atoms. The molecule has 0 radical (unpaired) electrons. The molecule has 0 aliphatic carbocycles. The second-order valence-corrected chi connectivity index (χ2v) is 5.53. The number of pyridine rings is 1. The molecule has 0 aliphatic heterocycles. The van der Waals surface area contributed by atoms with Gasteiger partial charge in [0.1, 0.15) is 5.82 Å². The molecule has 0 amide bonds. The molecule has 0 saturated heterocycles. The van der Waals surface area contributed by atoms with Gasteiger partial charge in [-0.2, -0.15) is 0 Å². The Bertz CT molecular complexity index is 614. The fourth-order valence-electron chi connectivity index (χ4n) is 2.10. The monoisotopic (exact) mass is 323 g/mol. The van der Waals surface area contributed by atoms with Gasteiger partial charge in [-0.15, -0.1) is 0 Å². The summed E-state index contributed by atoms with van der Waals surface area (Å²) in [7, 11) is 0. The van der Waals surface area contributed by atoms with Gasteiger partial charge in [-0.25, -0.2) is 4.98 Å². The quantitative estimate of drug-likeness (QED) is 0.735. The number of halogens is 2. The minimum absolute atomic E-state index is 0.507. The number of aromatic nitrogens is 1. The molecule has 0 unspecified atom stereocenters. The topological polar surface area (TPSA) is 37.0 Å². The lowest BCUT2D eigenvalue weighted by Gasteiger charge is -2.14. The lowest BCUT2D eigenvalue weighted by molar-refractivity contribution is 0.923. The average Bonchev–Trinajstić information content (AvgIpc) is 2.46. The lowest BCUT2D eigenvalue weighted by atomic mass is 10.1. The van der Waals surface area contributed by atoms with Crippen molar-refractivity contribution in [2.24, 2.45) is 0 Å². The molecule has 0 aliphatic rings. The summed E-state index contributed by atoms with van der Waals surface area (Å²) >= 11 is 12.4. The molecule has 0 bridgehead atoms. The van der Waals surface area contributed by atoms with Crippen LogP contribution in [0.4, 0.5) is 17.3 Å². The van der Waals surface area contributed by atoms with Crippen molar-refractivity contribution in [3.8, 4) is 0 Å². The number of rotatable bonds is 6. The van der Waals surface area contributed by atoms with E-state index >= 15 is 0 Å². The number of hydrogen-bond donors (Lipinski definition) is 2. The molecule has 1 aromatic heterocycles. The van der Waals surface area contributed by atoms with E-state index in [1.165, 1.54) is 5.56 Å². The largest absolute Gasteiger partial charge is 0.369 e. The molecule has 1 heterocycles. The first-order valence-corrected chi connectivity index (χ1v) is 7.86. The van der Waals surface area contributed by atoms with Crippen molar-refractivity contribution in [3.05, 3.63) is 45.9 Å². The number of aryl methyl sites for hydroxylation is 1. The predicted molar refractivity (Wildman–Crippen MR) is 92.1 cm³/mol. The Morgan fingerprint density at radius 3 is 2.48 bits per heavy atom. The summed E-state index contributed by atoms with van der Waals surface area (Å²) in [5.74, 6) is 1.25. The van der Waals surface area contributed by atoms with Crippen LogP contribution in [0, 0.1) is 0 Å². The molecule has 2 aromatic rings. The number of para-hydroxylation sites is 1. The van der Waals surface area contributed by atoms with Crippen LogP contribution in [0.25, 0.3) is 0 Å². The predicted octanol–water partition coefficient (Wildman–Crippen LogP) is 5.52. The summed E-state index contributed by atoms with van der Waals surface area (Å²) < 4.78 is 0. The molecule has 2 rings (SSSR count). The van der Waals surface area contributed by atoms with Crippen molar-refractivity contribution in [1.82, 2.24) is 4.98 Å². The van der Waals surface area contributed by atoms with E-state index in [9.17, 15) is 0 Å². The Balaban J connectivity index is 2.33. The second-order valence-electron chi connectivity index (χ2n) is 4.71. The van der Waals surface area contributed by atoms with Gasteiger partial charge in [-0.05, 0) is 31.0 Å². The summed E-state index contributed by atoms with van der Waals surface area (Å²) in [5, 5.41) is 7.47. The number of nitrogens with zero attached hydrogens (tertiary/aromatic N) is 1. The van der Waals surface area contributed by atoms with Crippen molar-refractivity contribution in [2.45, 2.75) is 26.7 Å². The first kappa shape index (κ1) is 15.9. The summed E-state index contributed by atoms with van der Waals surface area (Å²) in [5.41, 5.74) is 2.27. The first-order chi connectivity index (χ1) is 10.2. The average molecular weight is 324 g/mol. The molecule has 0 saturated carbocycles. The summed E-state index contributed by atoms with van der Waals surface area (Å²) in [4.78, 5) is 4.47. The van der Waals surface area contributed by atoms with Gasteiger partial charge in [-0.1, -0.05) is 54.7 Å². The van der Waals surface area contributed by atoms with Crippen molar-refractivity contribution in [2.75, 3.05) is 17.2 Å². The highest BCUT2D eigenvalue weighted by Gasteiger charge is 2.10. The third-order valence-electron chi connectivity index (χ3n) is 3.06. The van der Waals surface area contributed by atoms with Crippen LogP contribution in [-0.2, 0) is 6.42 Å². The fraction of sp³-hybridized carbons (Fsp3) is 0.312. The number of benzene rings is 1. The van der Waals surface area contributed by atoms with Gasteiger partial charge in [0.25, 0.3) is 0 Å². The highest BCUT2D eigenvalue weighted by Crippen LogP contribution is 2.32. The zero-order chi connectivity index (χ0) is 15.2. The third kappa shape index (κ3) is 4.02. The zero-order valence-corrected chi connectivity index (χ0v) is 13.7. The summed E-state index contributed by atoms with van der Waals surface area (Å²) in [6, 6.07) is 9.89. The summed E-state index contributed by atoms with van der Waals surface area (Å²) in [6.45, 7) is 4.91. The molecular formula is C16H19Cl2N3. The van der Waals surface area contributed by atoms with Gasteiger partial charge in [0.15, 0.2) is 5.82 Å². The molecule has 112 valence electrons. The maximum absolute atomic E-state index is 6.24. The number of nitrogens with one attached hydrogen (secondary N) is 2. The van der Waals surface area contributed by atoms with Gasteiger partial charge in [0.05, 0.1) is 10.0 Å². The Hall–Kier alpha value is -1.45. The van der Waals surface area contributed by atoms with Crippen molar-refractivity contribution in [3.63, 3.8) is 0 Å². The second kappa shape index (κ2) is 7.53. The molecule has 3 nitrogen and oxygen atoms in total. The standard InChI is InChI=1S/C16H19Cl2N3/c1-3-7-11-8-5-6-9-14(11)20-16-13(18)10-12(17)15(21-16)19-4-2/h5-6,8-10H,3-4,7H2,1-2H3,(H2,19,20,21). The molecule has 0 spiro atoms. The Kier molecular flexibility index (Phi) is 5.71. The van der Waals surface area contributed by atoms with Crippen molar-refractivity contribution in [1.29, 1.82) is 0 Å². The summed E-state index contributed by atoms with van der Waals surface area (Å²) in [6.07, 6.45) is 2.09. The third-order valence-corrected chi connectivity index (χ3v) is 3.64. The number of hydrogen-bond acceptors (Lipinski definition) is 3. The van der Waals surface area contributed by atoms with E-state index < -0.39 is 0 Å². The molecule has 1 aromatic carbocycles. The fourth-order valence-corrected chi connectivity index (χ4v) is 2.58. The smallest absolute Gasteiger partial charge is 0.151 e. The Morgan fingerprint density at radius 2 is 1.76 bits per heavy atom. The van der Waals surface area contributed by atoms with Crippen LogP contribution in [0.1, 0.15) is 25.8 Å². The molecule has 0 atom stereocenters. The van der Waals surface area contributed by atoms with Gasteiger partial charge in [-0.3, -0.25) is 0 Å². The van der Waals surface area contributed by atoms with Gasteiger partial charge < -0.3 is 10.6 Å². The van der Waals surface area contributed by atoms with E-state index in [-0.39, 0.29) is 0 Å². The highest BCUT2D eigenvalue weighted by molar-refractivity contribution is 6.37. The van der Waals surface area contributed by atoms with Crippen LogP contribution in [-0.4, -0.2) is 11.5 Å². The molecule has 0 fully saturated rings. The van der Waals surface area contributed by atoms with E-state index in [0.29, 0.717) is 21.7 Å². The van der Waals surface area contributed by atoms with Crippen LogP contribution in [0.3, 0.4) is 0 Å². The molecule has 2 N–H and O–H groups in total. The van der Waals surface area contributed by atoms with Gasteiger partial charge in [0.2, 0.25) is 0 Å². The zero-order valence-electron chi connectivity index (χ0n) is 12.2. The lowest BCUT2D eigenvalue weighted by Crippen LogP contribution is -2.04. The van der Waals surface area contributed by atoms with E-state index in [1.54, 1.807) is 6.07 Å². The van der Waals surface area contributed by atoms with Crippen LogP contribution >= 0.6 is 23.2 Å². The Labute approximate surface area is 135 Å². The SMILES string of the molecule is CCCc1ccccc1Nc1nc(NCC)c(Cl)cc1Cl. The maximum atomic E-state index is 6.24. The van der Waals surface area contributed by atoms with Gasteiger partial charge in [0, 0.05) is 12.2 Å². The van der Waals surface area contributed by atoms with E-state index in [4.69, 9.17) is 23.2 Å². The van der Waals surface area contributed by atoms with Crippen LogP contribution in [0.2, 0.25) is 10.0 Å². The first-order valence-electron chi connectivity index (χ1n) is 7.10. The minimum Gasteiger partial charge on any atom is -0.369 e.